The van der Waals surface area contributed by atoms with Crippen molar-refractivity contribution in [2.75, 3.05) is 12.0 Å². The number of carbonyl (C=O) groups is 2. The Bertz CT molecular complexity index is 1360. The van der Waals surface area contributed by atoms with Gasteiger partial charge in [0.25, 0.3) is 11.7 Å². The van der Waals surface area contributed by atoms with Crippen LogP contribution < -0.4 is 14.4 Å². The molecule has 186 valence electrons. The zero-order valence-electron chi connectivity index (χ0n) is 19.6. The number of aliphatic hydroxyl groups excluding tert-OH is 1. The van der Waals surface area contributed by atoms with Crippen LogP contribution in [0.3, 0.4) is 0 Å². The number of anilines is 1. The molecule has 0 radical (unpaired) electrons. The number of Topliss-reactive ketones (excluding diaryl/α,β-unsaturated/α-hetero) is 1. The molecule has 4 rings (SSSR count). The molecule has 0 aliphatic carbocycles. The van der Waals surface area contributed by atoms with Crippen molar-refractivity contribution < 1.29 is 37.3 Å². The van der Waals surface area contributed by atoms with Crippen LogP contribution in [0.4, 0.5) is 18.9 Å². The normalized spacial score (nSPS) is 17.4. The number of rotatable bonds is 5. The highest BCUT2D eigenvalue weighted by molar-refractivity contribution is 6.51. The molecule has 0 bridgehead atoms. The molecule has 1 heterocycles. The number of halogens is 3. The van der Waals surface area contributed by atoms with Crippen LogP contribution >= 0.6 is 0 Å². The second-order valence-electron chi connectivity index (χ2n) is 8.31. The van der Waals surface area contributed by atoms with Gasteiger partial charge in [0, 0.05) is 11.3 Å². The van der Waals surface area contributed by atoms with Gasteiger partial charge in [-0.05, 0) is 67.4 Å². The van der Waals surface area contributed by atoms with E-state index in [-0.39, 0.29) is 17.0 Å². The number of aliphatic hydroxyl groups is 1. The Labute approximate surface area is 205 Å². The average molecular weight is 497 g/mol. The van der Waals surface area contributed by atoms with E-state index in [0.29, 0.717) is 22.4 Å². The molecule has 9 heteroatoms. The molecule has 0 aromatic heterocycles. The maximum absolute atomic E-state index is 13.3. The Kier molecular flexibility index (Phi) is 6.49. The van der Waals surface area contributed by atoms with Crippen molar-refractivity contribution >= 4 is 23.1 Å². The summed E-state index contributed by atoms with van der Waals surface area (Å²) in [5.41, 5.74) is 2.42. The van der Waals surface area contributed by atoms with Gasteiger partial charge in [0.05, 0.1) is 18.7 Å². The molecule has 1 saturated heterocycles. The van der Waals surface area contributed by atoms with Crippen molar-refractivity contribution in [1.29, 1.82) is 0 Å². The summed E-state index contributed by atoms with van der Waals surface area (Å²) in [5.74, 6) is -2.10. The number of ketones is 1. The minimum Gasteiger partial charge on any atom is -0.507 e. The van der Waals surface area contributed by atoms with E-state index in [2.05, 4.69) is 4.74 Å². The van der Waals surface area contributed by atoms with E-state index in [9.17, 15) is 27.9 Å². The standard InChI is InChI=1S/C27H22F3NO5/c1-15-5-4-6-17(13-15)23-22(24(32)21-12-11-20(35-3)14-16(21)2)25(33)26(34)31(23)18-7-9-19(10-8-18)36-27(28,29)30/h4-14,23,32H,1-3H3/b24-22-. The molecule has 1 aliphatic rings. The third kappa shape index (κ3) is 4.77. The maximum atomic E-state index is 13.3. The van der Waals surface area contributed by atoms with E-state index >= 15 is 0 Å². The van der Waals surface area contributed by atoms with Crippen LogP contribution in [0.2, 0.25) is 0 Å². The van der Waals surface area contributed by atoms with Gasteiger partial charge in [0.1, 0.15) is 17.3 Å². The van der Waals surface area contributed by atoms with Gasteiger partial charge in [-0.15, -0.1) is 13.2 Å². The Morgan fingerprint density at radius 1 is 0.944 bits per heavy atom. The lowest BCUT2D eigenvalue weighted by Crippen LogP contribution is -2.29. The van der Waals surface area contributed by atoms with E-state index < -0.39 is 29.8 Å². The summed E-state index contributed by atoms with van der Waals surface area (Å²) in [5, 5.41) is 11.3. The summed E-state index contributed by atoms with van der Waals surface area (Å²) in [7, 11) is 1.50. The molecule has 1 amide bonds. The Morgan fingerprint density at radius 2 is 1.61 bits per heavy atom. The quantitative estimate of drug-likeness (QED) is 0.272. The van der Waals surface area contributed by atoms with Gasteiger partial charge in [-0.2, -0.15) is 0 Å². The number of aryl methyl sites for hydroxylation is 2. The van der Waals surface area contributed by atoms with Crippen LogP contribution in [-0.2, 0) is 9.59 Å². The Hall–Kier alpha value is -4.27. The first-order valence-corrected chi connectivity index (χ1v) is 10.9. The van der Waals surface area contributed by atoms with E-state index in [1.165, 1.54) is 24.1 Å². The predicted octanol–water partition coefficient (Wildman–Crippen LogP) is 5.84. The van der Waals surface area contributed by atoms with Gasteiger partial charge in [-0.3, -0.25) is 14.5 Å². The van der Waals surface area contributed by atoms with Crippen molar-refractivity contribution in [3.8, 4) is 11.5 Å². The smallest absolute Gasteiger partial charge is 0.507 e. The average Bonchev–Trinajstić information content (AvgIpc) is 3.08. The number of nitrogens with zero attached hydrogens (tertiary/aromatic N) is 1. The molecule has 1 unspecified atom stereocenters. The van der Waals surface area contributed by atoms with Crippen LogP contribution in [0, 0.1) is 13.8 Å². The van der Waals surface area contributed by atoms with Gasteiger partial charge < -0.3 is 14.6 Å². The molecule has 6 nitrogen and oxygen atoms in total. The van der Waals surface area contributed by atoms with Crippen LogP contribution in [-0.4, -0.2) is 30.3 Å². The number of alkyl halides is 3. The Balaban J connectivity index is 1.88. The highest BCUT2D eigenvalue weighted by Crippen LogP contribution is 2.43. The van der Waals surface area contributed by atoms with E-state index in [1.807, 2.05) is 13.0 Å². The number of carbonyl (C=O) groups excluding carboxylic acids is 2. The summed E-state index contributed by atoms with van der Waals surface area (Å²) in [6.45, 7) is 3.57. The molecule has 1 aliphatic heterocycles. The largest absolute Gasteiger partial charge is 0.573 e. The number of amides is 1. The molecule has 0 spiro atoms. The number of benzene rings is 3. The van der Waals surface area contributed by atoms with Gasteiger partial charge in [-0.25, -0.2) is 0 Å². The molecular weight excluding hydrogens is 475 g/mol. The molecule has 36 heavy (non-hydrogen) atoms. The highest BCUT2D eigenvalue weighted by atomic mass is 19.4. The fraction of sp³-hybridized carbons (Fsp3) is 0.185. The summed E-state index contributed by atoms with van der Waals surface area (Å²) in [4.78, 5) is 27.6. The molecule has 3 aromatic rings. The van der Waals surface area contributed by atoms with Crippen molar-refractivity contribution in [3.05, 3.63) is 94.6 Å². The predicted molar refractivity (Wildman–Crippen MR) is 127 cm³/mol. The fourth-order valence-corrected chi connectivity index (χ4v) is 4.24. The number of hydrogen-bond donors (Lipinski definition) is 1. The molecule has 3 aromatic carbocycles. The monoisotopic (exact) mass is 497 g/mol. The first-order chi connectivity index (χ1) is 17.0. The van der Waals surface area contributed by atoms with Crippen LogP contribution in [0.25, 0.3) is 5.76 Å². The van der Waals surface area contributed by atoms with Crippen molar-refractivity contribution in [2.45, 2.75) is 26.3 Å². The third-order valence-electron chi connectivity index (χ3n) is 5.84. The lowest BCUT2D eigenvalue weighted by Gasteiger charge is -2.26. The first-order valence-electron chi connectivity index (χ1n) is 10.9. The summed E-state index contributed by atoms with van der Waals surface area (Å²) in [6, 6.07) is 15.6. The van der Waals surface area contributed by atoms with Gasteiger partial charge in [0.15, 0.2) is 0 Å². The summed E-state index contributed by atoms with van der Waals surface area (Å²) in [6.07, 6.45) is -4.87. The molecule has 1 fully saturated rings. The number of methoxy groups -OCH3 is 1. The first kappa shape index (κ1) is 24.8. The maximum Gasteiger partial charge on any atom is 0.573 e. The summed E-state index contributed by atoms with van der Waals surface area (Å²) >= 11 is 0. The Morgan fingerprint density at radius 3 is 2.19 bits per heavy atom. The lowest BCUT2D eigenvalue weighted by atomic mass is 9.93. The van der Waals surface area contributed by atoms with E-state index in [4.69, 9.17) is 4.74 Å². The van der Waals surface area contributed by atoms with Gasteiger partial charge in [-0.1, -0.05) is 29.8 Å². The zero-order valence-corrected chi connectivity index (χ0v) is 19.6. The molecular formula is C27H22F3NO5. The molecule has 0 saturated carbocycles. The second kappa shape index (κ2) is 9.41. The second-order valence-corrected chi connectivity index (χ2v) is 8.31. The van der Waals surface area contributed by atoms with Crippen molar-refractivity contribution in [2.24, 2.45) is 0 Å². The van der Waals surface area contributed by atoms with Crippen molar-refractivity contribution in [1.82, 2.24) is 0 Å². The topological polar surface area (TPSA) is 76.1 Å². The van der Waals surface area contributed by atoms with Crippen LogP contribution in [0.5, 0.6) is 11.5 Å². The van der Waals surface area contributed by atoms with Gasteiger partial charge >= 0.3 is 6.36 Å². The SMILES string of the molecule is COc1ccc(/C(O)=C2/C(=O)C(=O)N(c3ccc(OC(F)(F)F)cc3)C2c2cccc(C)c2)c(C)c1. The van der Waals surface area contributed by atoms with Gasteiger partial charge in [0.2, 0.25) is 0 Å². The lowest BCUT2D eigenvalue weighted by molar-refractivity contribution is -0.274. The van der Waals surface area contributed by atoms with E-state index in [1.54, 1.807) is 43.3 Å². The minimum atomic E-state index is -4.87. The zero-order chi connectivity index (χ0) is 26.2. The molecule has 1 atom stereocenters. The number of hydrogen-bond acceptors (Lipinski definition) is 5. The van der Waals surface area contributed by atoms with E-state index in [0.717, 1.165) is 17.7 Å². The number of ether oxygens (including phenoxy) is 2. The van der Waals surface area contributed by atoms with Crippen LogP contribution in [0.1, 0.15) is 28.3 Å². The minimum absolute atomic E-state index is 0.130. The van der Waals surface area contributed by atoms with Crippen molar-refractivity contribution in [3.63, 3.8) is 0 Å². The fourth-order valence-electron chi connectivity index (χ4n) is 4.24. The van der Waals surface area contributed by atoms with Crippen LogP contribution in [0.15, 0.2) is 72.3 Å². The highest BCUT2D eigenvalue weighted by Gasteiger charge is 2.47. The summed E-state index contributed by atoms with van der Waals surface area (Å²) < 4.78 is 46.9. The third-order valence-corrected chi connectivity index (χ3v) is 5.84. The molecule has 1 N–H and O–H groups in total.